The zero-order valence-corrected chi connectivity index (χ0v) is 14.1. The Morgan fingerprint density at radius 1 is 1.16 bits per heavy atom. The molecule has 0 saturated heterocycles. The van der Waals surface area contributed by atoms with Crippen LogP contribution in [0.15, 0.2) is 36.5 Å². The molecule has 0 bridgehead atoms. The number of hydrogen-bond acceptors (Lipinski definition) is 4. The average Bonchev–Trinajstić information content (AvgIpc) is 2.90. The number of nitrogens with zero attached hydrogens (tertiary/aromatic N) is 2. The normalized spacial score (nSPS) is 12.2. The van der Waals surface area contributed by atoms with Gasteiger partial charge in [-0.2, -0.15) is 18.3 Å². The van der Waals surface area contributed by atoms with Crippen molar-refractivity contribution in [2.45, 2.75) is 24.2 Å². The molecule has 2 rings (SSSR count). The molecular formula is C15H16F3N3O3S. The van der Waals surface area contributed by atoms with E-state index in [1.165, 1.54) is 37.4 Å². The molecule has 1 amide bonds. The van der Waals surface area contributed by atoms with E-state index in [0.29, 0.717) is 15.8 Å². The van der Waals surface area contributed by atoms with Gasteiger partial charge in [-0.3, -0.25) is 9.48 Å². The van der Waals surface area contributed by atoms with Gasteiger partial charge in [-0.25, -0.2) is 8.42 Å². The third kappa shape index (κ3) is 5.89. The number of sulfone groups is 1. The first-order valence-electron chi connectivity index (χ1n) is 7.18. The molecule has 0 saturated carbocycles. The number of aromatic nitrogens is 2. The molecule has 0 fully saturated rings. The highest BCUT2D eigenvalue weighted by molar-refractivity contribution is 7.89. The Kier molecular flexibility index (Phi) is 5.51. The van der Waals surface area contributed by atoms with Crippen molar-refractivity contribution in [2.24, 2.45) is 0 Å². The third-order valence-electron chi connectivity index (χ3n) is 3.23. The van der Waals surface area contributed by atoms with E-state index in [0.717, 1.165) is 6.20 Å². The number of carbonyl (C=O) groups excluding carboxylic acids is 1. The zero-order valence-electron chi connectivity index (χ0n) is 13.2. The molecule has 0 atom stereocenters. The molecule has 0 radical (unpaired) electrons. The van der Waals surface area contributed by atoms with Gasteiger partial charge in [-0.05, 0) is 23.8 Å². The van der Waals surface area contributed by atoms with Crippen LogP contribution in [0.5, 0.6) is 0 Å². The minimum absolute atomic E-state index is 0.0474. The Hall–Kier alpha value is -2.36. The van der Waals surface area contributed by atoms with Crippen molar-refractivity contribution in [3.63, 3.8) is 0 Å². The number of benzene rings is 1. The predicted molar refractivity (Wildman–Crippen MR) is 84.4 cm³/mol. The van der Waals surface area contributed by atoms with E-state index in [1.807, 2.05) is 0 Å². The molecule has 0 aliphatic carbocycles. The van der Waals surface area contributed by atoms with Gasteiger partial charge in [0, 0.05) is 18.8 Å². The zero-order chi connectivity index (χ0) is 18.7. The monoisotopic (exact) mass is 375 g/mol. The lowest BCUT2D eigenvalue weighted by molar-refractivity contribution is -0.142. The summed E-state index contributed by atoms with van der Waals surface area (Å²) in [5.41, 5.74) is 0.920. The fourth-order valence-electron chi connectivity index (χ4n) is 2.18. The van der Waals surface area contributed by atoms with Crippen LogP contribution in [0.2, 0.25) is 0 Å². The van der Waals surface area contributed by atoms with E-state index in [2.05, 4.69) is 10.4 Å². The number of carbonyl (C=O) groups is 1. The van der Waals surface area contributed by atoms with Crippen molar-refractivity contribution < 1.29 is 26.4 Å². The standard InChI is InChI=1S/C15H16F3N3O3S/c1-19-14(22)12-4-2-11(3-5-12)8-25(23,24)9-13-6-7-21(20-13)10-15(16,17)18/h2-7H,8-10H2,1H3,(H,19,22). The summed E-state index contributed by atoms with van der Waals surface area (Å²) in [5.74, 6) is -1.05. The van der Waals surface area contributed by atoms with Crippen molar-refractivity contribution in [3.05, 3.63) is 53.3 Å². The average molecular weight is 375 g/mol. The molecule has 10 heteroatoms. The fraction of sp³-hybridized carbons (Fsp3) is 0.333. The molecule has 0 aliphatic rings. The number of nitrogens with one attached hydrogen (secondary N) is 1. The lowest BCUT2D eigenvalue weighted by atomic mass is 10.1. The van der Waals surface area contributed by atoms with Gasteiger partial charge in [-0.1, -0.05) is 12.1 Å². The molecule has 25 heavy (non-hydrogen) atoms. The van der Waals surface area contributed by atoms with E-state index in [1.54, 1.807) is 0 Å². The van der Waals surface area contributed by atoms with E-state index in [9.17, 15) is 26.4 Å². The summed E-state index contributed by atoms with van der Waals surface area (Å²) in [5, 5.41) is 6.09. The topological polar surface area (TPSA) is 81.1 Å². The molecule has 0 unspecified atom stereocenters. The Morgan fingerprint density at radius 3 is 2.36 bits per heavy atom. The second kappa shape index (κ2) is 7.26. The first kappa shape index (κ1) is 19.0. The molecule has 0 aliphatic heterocycles. The van der Waals surface area contributed by atoms with Gasteiger partial charge >= 0.3 is 6.18 Å². The smallest absolute Gasteiger partial charge is 0.355 e. The molecule has 1 aromatic carbocycles. The molecule has 1 heterocycles. The summed E-state index contributed by atoms with van der Waals surface area (Å²) < 4.78 is 61.9. The van der Waals surface area contributed by atoms with Crippen LogP contribution in [0.3, 0.4) is 0 Å². The van der Waals surface area contributed by atoms with Gasteiger partial charge in [0.05, 0.1) is 17.2 Å². The van der Waals surface area contributed by atoms with Crippen LogP contribution in [-0.4, -0.2) is 37.3 Å². The summed E-state index contributed by atoms with van der Waals surface area (Å²) in [6, 6.07) is 7.29. The van der Waals surface area contributed by atoms with Crippen LogP contribution in [0.1, 0.15) is 21.6 Å². The summed E-state index contributed by atoms with van der Waals surface area (Å²) in [7, 11) is -2.13. The highest BCUT2D eigenvalue weighted by Gasteiger charge is 2.28. The van der Waals surface area contributed by atoms with Gasteiger partial charge < -0.3 is 5.32 Å². The number of halogens is 3. The van der Waals surface area contributed by atoms with Crippen LogP contribution in [0, 0.1) is 0 Å². The second-order valence-electron chi connectivity index (χ2n) is 5.43. The Bertz CT molecular complexity index is 843. The minimum Gasteiger partial charge on any atom is -0.355 e. The van der Waals surface area contributed by atoms with Gasteiger partial charge in [0.1, 0.15) is 6.54 Å². The lowest BCUT2D eigenvalue weighted by Gasteiger charge is -2.06. The summed E-state index contributed by atoms with van der Waals surface area (Å²) >= 11 is 0. The predicted octanol–water partition coefficient (Wildman–Crippen LogP) is 1.92. The van der Waals surface area contributed by atoms with E-state index in [4.69, 9.17) is 0 Å². The Labute approximate surface area is 142 Å². The van der Waals surface area contributed by atoms with Crippen molar-refractivity contribution in [1.29, 1.82) is 0 Å². The largest absolute Gasteiger partial charge is 0.408 e. The molecule has 0 spiro atoms. The third-order valence-corrected chi connectivity index (χ3v) is 4.74. The quantitative estimate of drug-likeness (QED) is 0.837. The fourth-order valence-corrected chi connectivity index (χ4v) is 3.59. The molecule has 6 nitrogen and oxygen atoms in total. The maximum atomic E-state index is 12.3. The molecule has 1 N–H and O–H groups in total. The maximum Gasteiger partial charge on any atom is 0.408 e. The van der Waals surface area contributed by atoms with Gasteiger partial charge in [-0.15, -0.1) is 0 Å². The van der Waals surface area contributed by atoms with E-state index in [-0.39, 0.29) is 17.4 Å². The number of amides is 1. The van der Waals surface area contributed by atoms with Crippen LogP contribution >= 0.6 is 0 Å². The summed E-state index contributed by atoms with van der Waals surface area (Å²) in [4.78, 5) is 11.4. The van der Waals surface area contributed by atoms with Crippen LogP contribution in [-0.2, 0) is 27.9 Å². The summed E-state index contributed by atoms with van der Waals surface area (Å²) in [6.45, 7) is -1.27. The van der Waals surface area contributed by atoms with Crippen molar-refractivity contribution in [3.8, 4) is 0 Å². The van der Waals surface area contributed by atoms with E-state index >= 15 is 0 Å². The molecule has 1 aromatic heterocycles. The number of rotatable bonds is 6. The summed E-state index contributed by atoms with van der Waals surface area (Å²) in [6.07, 6.45) is -3.33. The van der Waals surface area contributed by atoms with Gasteiger partial charge in [0.2, 0.25) is 0 Å². The first-order valence-corrected chi connectivity index (χ1v) is 9.01. The maximum absolute atomic E-state index is 12.3. The highest BCUT2D eigenvalue weighted by atomic mass is 32.2. The van der Waals surface area contributed by atoms with Crippen molar-refractivity contribution in [1.82, 2.24) is 15.1 Å². The van der Waals surface area contributed by atoms with Crippen molar-refractivity contribution in [2.75, 3.05) is 7.05 Å². The van der Waals surface area contributed by atoms with Crippen LogP contribution in [0.25, 0.3) is 0 Å². The number of hydrogen-bond donors (Lipinski definition) is 1. The SMILES string of the molecule is CNC(=O)c1ccc(CS(=O)(=O)Cc2ccn(CC(F)(F)F)n2)cc1. The first-order chi connectivity index (χ1) is 11.6. The van der Waals surface area contributed by atoms with Gasteiger partial charge in [0.15, 0.2) is 9.84 Å². The van der Waals surface area contributed by atoms with Crippen molar-refractivity contribution >= 4 is 15.7 Å². The van der Waals surface area contributed by atoms with Crippen LogP contribution in [0.4, 0.5) is 13.2 Å². The lowest BCUT2D eigenvalue weighted by Crippen LogP contribution is -2.18. The highest BCUT2D eigenvalue weighted by Crippen LogP contribution is 2.18. The minimum atomic E-state index is -4.42. The van der Waals surface area contributed by atoms with Gasteiger partial charge in [0.25, 0.3) is 5.91 Å². The molecule has 136 valence electrons. The van der Waals surface area contributed by atoms with Crippen LogP contribution < -0.4 is 5.32 Å². The Balaban J connectivity index is 2.03. The van der Waals surface area contributed by atoms with E-state index < -0.39 is 28.3 Å². The molecular weight excluding hydrogens is 359 g/mol. The number of alkyl halides is 3. The Morgan fingerprint density at radius 2 is 1.80 bits per heavy atom. The second-order valence-corrected chi connectivity index (χ2v) is 7.49. The molecule has 2 aromatic rings.